The smallest absolute Gasteiger partial charge is 0.190 e. The Hall–Kier alpha value is -1.11. The van der Waals surface area contributed by atoms with Gasteiger partial charge in [0.05, 0.1) is 6.61 Å². The SMILES string of the molecule is CN=C(NCCCN(C)CCOC)NCCc1cccs1. The third kappa shape index (κ3) is 8.70. The monoisotopic (exact) mass is 312 g/mol. The second-order valence-corrected chi connectivity index (χ2v) is 5.94. The van der Waals surface area contributed by atoms with E-state index in [0.29, 0.717) is 0 Å². The van der Waals surface area contributed by atoms with Gasteiger partial charge in [0.2, 0.25) is 0 Å². The zero-order valence-corrected chi connectivity index (χ0v) is 14.2. The molecule has 1 rings (SSSR count). The van der Waals surface area contributed by atoms with Gasteiger partial charge in [-0.1, -0.05) is 6.07 Å². The molecular formula is C15H28N4OS. The highest BCUT2D eigenvalue weighted by Gasteiger charge is 2.00. The van der Waals surface area contributed by atoms with E-state index in [4.69, 9.17) is 4.74 Å². The second-order valence-electron chi connectivity index (χ2n) is 4.90. The lowest BCUT2D eigenvalue weighted by Crippen LogP contribution is -2.39. The van der Waals surface area contributed by atoms with Crippen LogP contribution in [0.25, 0.3) is 0 Å². The summed E-state index contributed by atoms with van der Waals surface area (Å²) < 4.78 is 5.06. The van der Waals surface area contributed by atoms with Gasteiger partial charge >= 0.3 is 0 Å². The van der Waals surface area contributed by atoms with E-state index in [1.54, 1.807) is 18.4 Å². The van der Waals surface area contributed by atoms with Crippen molar-refractivity contribution in [2.24, 2.45) is 4.99 Å². The lowest BCUT2D eigenvalue weighted by molar-refractivity contribution is 0.161. The Morgan fingerprint density at radius 3 is 2.81 bits per heavy atom. The highest BCUT2D eigenvalue weighted by Crippen LogP contribution is 2.07. The van der Waals surface area contributed by atoms with E-state index in [1.807, 2.05) is 7.05 Å². The minimum Gasteiger partial charge on any atom is -0.383 e. The number of hydrogen-bond acceptors (Lipinski definition) is 4. The van der Waals surface area contributed by atoms with Crippen LogP contribution in [-0.4, -0.2) is 64.9 Å². The van der Waals surface area contributed by atoms with Gasteiger partial charge in [0.1, 0.15) is 0 Å². The number of methoxy groups -OCH3 is 1. The van der Waals surface area contributed by atoms with E-state index in [1.165, 1.54) is 4.88 Å². The van der Waals surface area contributed by atoms with Crippen LogP contribution < -0.4 is 10.6 Å². The van der Waals surface area contributed by atoms with E-state index < -0.39 is 0 Å². The molecule has 0 saturated heterocycles. The quantitative estimate of drug-likeness (QED) is 0.390. The molecule has 0 radical (unpaired) electrons. The third-order valence-electron chi connectivity index (χ3n) is 3.15. The molecular weight excluding hydrogens is 284 g/mol. The lowest BCUT2D eigenvalue weighted by Gasteiger charge is -2.16. The summed E-state index contributed by atoms with van der Waals surface area (Å²) in [5.41, 5.74) is 0. The molecule has 1 heterocycles. The highest BCUT2D eigenvalue weighted by molar-refractivity contribution is 7.09. The van der Waals surface area contributed by atoms with Crippen LogP contribution in [0.15, 0.2) is 22.5 Å². The molecule has 0 amide bonds. The van der Waals surface area contributed by atoms with Crippen molar-refractivity contribution in [2.45, 2.75) is 12.8 Å². The van der Waals surface area contributed by atoms with Crippen molar-refractivity contribution in [3.05, 3.63) is 22.4 Å². The molecule has 21 heavy (non-hydrogen) atoms. The van der Waals surface area contributed by atoms with E-state index in [2.05, 4.69) is 45.1 Å². The Kier molecular flexibility index (Phi) is 9.86. The summed E-state index contributed by atoms with van der Waals surface area (Å²) in [6.45, 7) is 4.66. The van der Waals surface area contributed by atoms with Crippen molar-refractivity contribution in [3.63, 3.8) is 0 Å². The molecule has 2 N–H and O–H groups in total. The summed E-state index contributed by atoms with van der Waals surface area (Å²) in [7, 11) is 5.67. The molecule has 0 bridgehead atoms. The highest BCUT2D eigenvalue weighted by atomic mass is 32.1. The van der Waals surface area contributed by atoms with E-state index in [9.17, 15) is 0 Å². The predicted molar refractivity (Wildman–Crippen MR) is 91.4 cm³/mol. The molecule has 5 nitrogen and oxygen atoms in total. The predicted octanol–water partition coefficient (Wildman–Crippen LogP) is 1.42. The molecule has 0 aliphatic carbocycles. The molecule has 0 aromatic carbocycles. The maximum Gasteiger partial charge on any atom is 0.190 e. The summed E-state index contributed by atoms with van der Waals surface area (Å²) in [5, 5.41) is 8.80. The van der Waals surface area contributed by atoms with Crippen LogP contribution in [-0.2, 0) is 11.2 Å². The Morgan fingerprint density at radius 2 is 2.14 bits per heavy atom. The number of ether oxygens (including phenoxy) is 1. The molecule has 0 aliphatic heterocycles. The number of nitrogens with one attached hydrogen (secondary N) is 2. The molecule has 0 unspecified atom stereocenters. The van der Waals surface area contributed by atoms with Crippen LogP contribution in [0.3, 0.4) is 0 Å². The van der Waals surface area contributed by atoms with Crippen molar-refractivity contribution in [3.8, 4) is 0 Å². The minimum atomic E-state index is 0.788. The van der Waals surface area contributed by atoms with Crippen LogP contribution in [0, 0.1) is 0 Å². The van der Waals surface area contributed by atoms with Gasteiger partial charge in [-0.25, -0.2) is 0 Å². The Bertz CT molecular complexity index is 381. The molecule has 6 heteroatoms. The van der Waals surface area contributed by atoms with E-state index in [0.717, 1.165) is 51.6 Å². The van der Waals surface area contributed by atoms with E-state index in [-0.39, 0.29) is 0 Å². The largest absolute Gasteiger partial charge is 0.383 e. The zero-order valence-electron chi connectivity index (χ0n) is 13.4. The summed E-state index contributed by atoms with van der Waals surface area (Å²) in [5.74, 6) is 0.881. The average Bonchev–Trinajstić information content (AvgIpc) is 3.00. The first-order valence-electron chi connectivity index (χ1n) is 7.40. The van der Waals surface area contributed by atoms with Crippen molar-refractivity contribution in [1.29, 1.82) is 0 Å². The zero-order chi connectivity index (χ0) is 15.3. The van der Waals surface area contributed by atoms with E-state index >= 15 is 0 Å². The molecule has 0 fully saturated rings. The Morgan fingerprint density at radius 1 is 1.33 bits per heavy atom. The first kappa shape index (κ1) is 17.9. The van der Waals surface area contributed by atoms with Crippen LogP contribution in [0.1, 0.15) is 11.3 Å². The Labute approximate surface area is 132 Å². The van der Waals surface area contributed by atoms with Crippen molar-refractivity contribution in [2.75, 3.05) is 54.0 Å². The maximum absolute atomic E-state index is 5.06. The fourth-order valence-electron chi connectivity index (χ4n) is 1.89. The van der Waals surface area contributed by atoms with Gasteiger partial charge in [0.15, 0.2) is 5.96 Å². The molecule has 0 atom stereocenters. The number of nitrogens with zero attached hydrogens (tertiary/aromatic N) is 2. The number of thiophene rings is 1. The van der Waals surface area contributed by atoms with Crippen molar-refractivity contribution < 1.29 is 4.74 Å². The van der Waals surface area contributed by atoms with Gasteiger partial charge < -0.3 is 20.3 Å². The molecule has 0 aliphatic rings. The van der Waals surface area contributed by atoms with Crippen LogP contribution in [0.5, 0.6) is 0 Å². The summed E-state index contributed by atoms with van der Waals surface area (Å²) in [4.78, 5) is 7.91. The van der Waals surface area contributed by atoms with Crippen LogP contribution in [0.2, 0.25) is 0 Å². The molecule has 0 saturated carbocycles. The van der Waals surface area contributed by atoms with Gasteiger partial charge in [-0.2, -0.15) is 0 Å². The van der Waals surface area contributed by atoms with Gasteiger partial charge in [-0.3, -0.25) is 4.99 Å². The van der Waals surface area contributed by atoms with Gasteiger partial charge in [0, 0.05) is 38.7 Å². The second kappa shape index (κ2) is 11.5. The number of rotatable bonds is 10. The topological polar surface area (TPSA) is 48.9 Å². The normalized spacial score (nSPS) is 11.9. The fourth-order valence-corrected chi connectivity index (χ4v) is 2.60. The van der Waals surface area contributed by atoms with Crippen LogP contribution in [0.4, 0.5) is 0 Å². The Balaban J connectivity index is 2.05. The molecule has 0 spiro atoms. The number of likely N-dealkylation sites (N-methyl/N-ethyl adjacent to an activating group) is 1. The van der Waals surface area contributed by atoms with Gasteiger partial charge in [-0.15, -0.1) is 11.3 Å². The summed E-state index contributed by atoms with van der Waals surface area (Å²) in [6.07, 6.45) is 2.13. The average molecular weight is 312 g/mol. The molecule has 1 aromatic heterocycles. The fraction of sp³-hybridized carbons (Fsp3) is 0.667. The molecule has 120 valence electrons. The standard InChI is InChI=1S/C15H28N4OS/c1-16-15(18-9-7-14-6-4-13-21-14)17-8-5-10-19(2)11-12-20-3/h4,6,13H,5,7-12H2,1-3H3,(H2,16,17,18). The van der Waals surface area contributed by atoms with Gasteiger partial charge in [-0.05, 0) is 37.9 Å². The van der Waals surface area contributed by atoms with Gasteiger partial charge in [0.25, 0.3) is 0 Å². The van der Waals surface area contributed by atoms with Crippen molar-refractivity contribution >= 4 is 17.3 Å². The summed E-state index contributed by atoms with van der Waals surface area (Å²) in [6, 6.07) is 4.26. The first-order chi connectivity index (χ1) is 10.3. The summed E-state index contributed by atoms with van der Waals surface area (Å²) >= 11 is 1.80. The number of hydrogen-bond donors (Lipinski definition) is 2. The van der Waals surface area contributed by atoms with Crippen molar-refractivity contribution in [1.82, 2.24) is 15.5 Å². The number of aliphatic imine (C=N–C) groups is 1. The molecule has 1 aromatic rings. The first-order valence-corrected chi connectivity index (χ1v) is 8.28. The van der Waals surface area contributed by atoms with Crippen LogP contribution >= 0.6 is 11.3 Å². The third-order valence-corrected chi connectivity index (χ3v) is 4.09. The maximum atomic E-state index is 5.06. The number of guanidine groups is 1. The lowest BCUT2D eigenvalue weighted by atomic mass is 10.3. The minimum absolute atomic E-state index is 0.788.